The van der Waals surface area contributed by atoms with E-state index in [1.807, 2.05) is 0 Å². The first-order valence-electron chi connectivity index (χ1n) is 3.95. The van der Waals surface area contributed by atoms with Crippen molar-refractivity contribution in [1.29, 1.82) is 0 Å². The summed E-state index contributed by atoms with van der Waals surface area (Å²) in [6, 6.07) is -0.528. The summed E-state index contributed by atoms with van der Waals surface area (Å²) in [5.74, 6) is -0.532. The van der Waals surface area contributed by atoms with Gasteiger partial charge in [0.25, 0.3) is 0 Å². The summed E-state index contributed by atoms with van der Waals surface area (Å²) in [6.07, 6.45) is 0.678. The first-order valence-corrected chi connectivity index (χ1v) is 3.95. The standard InChI is InChI=1S/C7H11NO4/c1-2-12-7(9)5-3-6(4-5)8(10)11/h5-6H,2-4H2,1H3. The van der Waals surface area contributed by atoms with Gasteiger partial charge in [0.15, 0.2) is 0 Å². The smallest absolute Gasteiger partial charge is 0.309 e. The molecule has 0 spiro atoms. The molecule has 0 aromatic carbocycles. The van der Waals surface area contributed by atoms with E-state index in [9.17, 15) is 14.9 Å². The van der Waals surface area contributed by atoms with Gasteiger partial charge in [0.1, 0.15) is 0 Å². The molecule has 1 aliphatic carbocycles. The Morgan fingerprint density at radius 1 is 1.67 bits per heavy atom. The van der Waals surface area contributed by atoms with Crippen molar-refractivity contribution < 1.29 is 14.5 Å². The van der Waals surface area contributed by atoms with Crippen LogP contribution in [0.4, 0.5) is 0 Å². The minimum Gasteiger partial charge on any atom is -0.466 e. The predicted molar refractivity (Wildman–Crippen MR) is 40.1 cm³/mol. The monoisotopic (exact) mass is 173 g/mol. The number of hydrogen-bond acceptors (Lipinski definition) is 4. The maximum absolute atomic E-state index is 10.9. The highest BCUT2D eigenvalue weighted by molar-refractivity contribution is 5.73. The van der Waals surface area contributed by atoms with E-state index in [-0.39, 0.29) is 16.8 Å². The van der Waals surface area contributed by atoms with E-state index < -0.39 is 6.04 Å². The summed E-state index contributed by atoms with van der Waals surface area (Å²) in [7, 11) is 0. The number of nitrogens with zero attached hydrogens (tertiary/aromatic N) is 1. The van der Waals surface area contributed by atoms with Gasteiger partial charge in [-0.3, -0.25) is 14.9 Å². The SMILES string of the molecule is CCOC(=O)C1CC([N+](=O)[O-])C1. The molecule has 0 aromatic rings. The van der Waals surface area contributed by atoms with E-state index in [1.165, 1.54) is 0 Å². The maximum Gasteiger partial charge on any atom is 0.309 e. The Bertz CT molecular complexity index is 198. The fourth-order valence-electron chi connectivity index (χ4n) is 1.21. The molecule has 0 N–H and O–H groups in total. The summed E-state index contributed by atoms with van der Waals surface area (Å²) in [6.45, 7) is 2.07. The summed E-state index contributed by atoms with van der Waals surface area (Å²) in [4.78, 5) is 20.8. The number of rotatable bonds is 3. The fourth-order valence-corrected chi connectivity index (χ4v) is 1.21. The lowest BCUT2D eigenvalue weighted by atomic mass is 9.81. The molecule has 1 rings (SSSR count). The minimum atomic E-state index is -0.528. The van der Waals surface area contributed by atoms with Crippen molar-refractivity contribution in [1.82, 2.24) is 0 Å². The molecule has 5 heteroatoms. The maximum atomic E-state index is 10.9. The molecule has 0 heterocycles. The lowest BCUT2D eigenvalue weighted by molar-refractivity contribution is -0.539. The normalized spacial score (nSPS) is 27.4. The molecule has 0 saturated heterocycles. The Morgan fingerprint density at radius 2 is 2.25 bits per heavy atom. The molecule has 68 valence electrons. The highest BCUT2D eigenvalue weighted by Gasteiger charge is 2.42. The van der Waals surface area contributed by atoms with Gasteiger partial charge in [-0.1, -0.05) is 0 Å². The van der Waals surface area contributed by atoms with Crippen molar-refractivity contribution in [2.75, 3.05) is 6.61 Å². The second-order valence-electron chi connectivity index (χ2n) is 2.86. The first-order chi connectivity index (χ1) is 5.65. The van der Waals surface area contributed by atoms with Crippen molar-refractivity contribution in [2.45, 2.75) is 25.8 Å². The van der Waals surface area contributed by atoms with Crippen molar-refractivity contribution in [2.24, 2.45) is 5.92 Å². The molecule has 5 nitrogen and oxygen atoms in total. The average molecular weight is 173 g/mol. The topological polar surface area (TPSA) is 69.4 Å². The van der Waals surface area contributed by atoms with Crippen LogP contribution in [0.3, 0.4) is 0 Å². The molecule has 0 amide bonds. The number of carbonyl (C=O) groups is 1. The van der Waals surface area contributed by atoms with Crippen LogP contribution in [0.2, 0.25) is 0 Å². The van der Waals surface area contributed by atoms with Gasteiger partial charge in [-0.15, -0.1) is 0 Å². The molecule has 0 unspecified atom stereocenters. The summed E-state index contributed by atoms with van der Waals surface area (Å²) in [5, 5.41) is 10.2. The van der Waals surface area contributed by atoms with Crippen molar-refractivity contribution in [3.63, 3.8) is 0 Å². The van der Waals surface area contributed by atoms with Crippen LogP contribution in [0.25, 0.3) is 0 Å². The van der Waals surface area contributed by atoms with Gasteiger partial charge < -0.3 is 4.74 Å². The van der Waals surface area contributed by atoms with E-state index in [0.29, 0.717) is 19.4 Å². The molecule has 0 aromatic heterocycles. The zero-order valence-corrected chi connectivity index (χ0v) is 6.86. The Hall–Kier alpha value is -1.13. The van der Waals surface area contributed by atoms with Gasteiger partial charge in [-0.05, 0) is 6.92 Å². The Kier molecular flexibility index (Phi) is 2.62. The third kappa shape index (κ3) is 1.72. The number of esters is 1. The molecule has 0 atom stereocenters. The Balaban J connectivity index is 2.25. The number of ether oxygens (including phenoxy) is 1. The summed E-state index contributed by atoms with van der Waals surface area (Å²) in [5.41, 5.74) is 0. The van der Waals surface area contributed by atoms with Crippen LogP contribution >= 0.6 is 0 Å². The second kappa shape index (κ2) is 3.51. The Morgan fingerprint density at radius 3 is 2.67 bits per heavy atom. The van der Waals surface area contributed by atoms with Crippen LogP contribution in [-0.2, 0) is 9.53 Å². The van der Waals surface area contributed by atoms with E-state index in [1.54, 1.807) is 6.92 Å². The van der Waals surface area contributed by atoms with Crippen LogP contribution in [0.15, 0.2) is 0 Å². The van der Waals surface area contributed by atoms with Crippen LogP contribution in [0.1, 0.15) is 19.8 Å². The molecule has 0 aliphatic heterocycles. The zero-order valence-electron chi connectivity index (χ0n) is 6.86. The first kappa shape index (κ1) is 8.96. The fraction of sp³-hybridized carbons (Fsp3) is 0.857. The highest BCUT2D eigenvalue weighted by Crippen LogP contribution is 2.30. The number of hydrogen-bond donors (Lipinski definition) is 0. The average Bonchev–Trinajstić information content (AvgIpc) is 1.82. The minimum absolute atomic E-state index is 0.236. The molecular weight excluding hydrogens is 162 g/mol. The largest absolute Gasteiger partial charge is 0.466 e. The van der Waals surface area contributed by atoms with Gasteiger partial charge in [-0.2, -0.15) is 0 Å². The van der Waals surface area contributed by atoms with Crippen LogP contribution < -0.4 is 0 Å². The summed E-state index contributed by atoms with van der Waals surface area (Å²) < 4.78 is 4.71. The van der Waals surface area contributed by atoms with Gasteiger partial charge in [0.05, 0.1) is 12.5 Å². The highest BCUT2D eigenvalue weighted by atomic mass is 16.6. The lowest BCUT2D eigenvalue weighted by Gasteiger charge is -2.26. The second-order valence-corrected chi connectivity index (χ2v) is 2.86. The van der Waals surface area contributed by atoms with Crippen molar-refractivity contribution in [3.8, 4) is 0 Å². The van der Waals surface area contributed by atoms with Gasteiger partial charge in [-0.25, -0.2) is 0 Å². The van der Waals surface area contributed by atoms with E-state index in [0.717, 1.165) is 0 Å². The van der Waals surface area contributed by atoms with Crippen molar-refractivity contribution >= 4 is 5.97 Å². The molecular formula is C7H11NO4. The third-order valence-corrected chi connectivity index (χ3v) is 2.03. The van der Waals surface area contributed by atoms with Crippen LogP contribution in [0, 0.1) is 16.0 Å². The Labute approximate surface area is 69.9 Å². The molecule has 12 heavy (non-hydrogen) atoms. The zero-order chi connectivity index (χ0) is 9.14. The summed E-state index contributed by atoms with van der Waals surface area (Å²) >= 11 is 0. The number of nitro groups is 1. The third-order valence-electron chi connectivity index (χ3n) is 2.03. The van der Waals surface area contributed by atoms with Gasteiger partial charge >= 0.3 is 5.97 Å². The van der Waals surface area contributed by atoms with E-state index in [2.05, 4.69) is 0 Å². The quantitative estimate of drug-likeness (QED) is 0.356. The van der Waals surface area contributed by atoms with Gasteiger partial charge in [0.2, 0.25) is 6.04 Å². The number of carbonyl (C=O) groups excluding carboxylic acids is 1. The lowest BCUT2D eigenvalue weighted by Crippen LogP contribution is -2.40. The molecule has 0 bridgehead atoms. The molecule has 1 aliphatic rings. The predicted octanol–water partition coefficient (Wildman–Crippen LogP) is 0.605. The van der Waals surface area contributed by atoms with Crippen LogP contribution in [-0.4, -0.2) is 23.5 Å². The van der Waals surface area contributed by atoms with Crippen LogP contribution in [0.5, 0.6) is 0 Å². The van der Waals surface area contributed by atoms with Crippen molar-refractivity contribution in [3.05, 3.63) is 10.1 Å². The van der Waals surface area contributed by atoms with E-state index >= 15 is 0 Å². The van der Waals surface area contributed by atoms with Gasteiger partial charge in [0, 0.05) is 17.8 Å². The molecule has 0 radical (unpaired) electrons. The molecule has 1 fully saturated rings. The molecule has 1 saturated carbocycles. The van der Waals surface area contributed by atoms with E-state index in [4.69, 9.17) is 4.74 Å².